The first-order chi connectivity index (χ1) is 13.0. The van der Waals surface area contributed by atoms with Crippen molar-refractivity contribution in [1.82, 2.24) is 10.2 Å². The van der Waals surface area contributed by atoms with Gasteiger partial charge in [-0.25, -0.2) is 0 Å². The molecule has 0 saturated carbocycles. The van der Waals surface area contributed by atoms with Crippen molar-refractivity contribution >= 4 is 11.8 Å². The Kier molecular flexibility index (Phi) is 7.23. The van der Waals surface area contributed by atoms with Gasteiger partial charge in [0.15, 0.2) is 0 Å². The quantitative estimate of drug-likeness (QED) is 0.776. The molecule has 2 aromatic carbocycles. The Morgan fingerprint density at radius 2 is 1.70 bits per heavy atom. The van der Waals surface area contributed by atoms with Crippen molar-refractivity contribution < 1.29 is 19.1 Å². The zero-order valence-corrected chi connectivity index (χ0v) is 16.2. The van der Waals surface area contributed by atoms with E-state index in [0.717, 1.165) is 16.9 Å². The molecule has 0 aliphatic heterocycles. The van der Waals surface area contributed by atoms with Gasteiger partial charge in [-0.15, -0.1) is 0 Å². The van der Waals surface area contributed by atoms with Crippen LogP contribution in [0.25, 0.3) is 0 Å². The van der Waals surface area contributed by atoms with E-state index in [9.17, 15) is 9.59 Å². The molecule has 1 atom stereocenters. The Bertz CT molecular complexity index is 774. The van der Waals surface area contributed by atoms with Gasteiger partial charge in [0.2, 0.25) is 11.8 Å². The third-order valence-corrected chi connectivity index (χ3v) is 4.41. The lowest BCUT2D eigenvalue weighted by Crippen LogP contribution is -2.46. The van der Waals surface area contributed by atoms with Crippen molar-refractivity contribution in [1.29, 1.82) is 0 Å². The van der Waals surface area contributed by atoms with Crippen LogP contribution in [0.15, 0.2) is 48.5 Å². The second-order valence-corrected chi connectivity index (χ2v) is 6.20. The van der Waals surface area contributed by atoms with Crippen LogP contribution in [0.2, 0.25) is 0 Å². The van der Waals surface area contributed by atoms with E-state index in [0.29, 0.717) is 18.8 Å². The lowest BCUT2D eigenvalue weighted by molar-refractivity contribution is -0.139. The molecule has 0 aliphatic rings. The number of hydrogen-bond acceptors (Lipinski definition) is 4. The first-order valence-electron chi connectivity index (χ1n) is 8.76. The molecule has 2 rings (SSSR count). The molecule has 2 aromatic rings. The predicted octanol–water partition coefficient (Wildman–Crippen LogP) is 2.76. The van der Waals surface area contributed by atoms with Crippen LogP contribution in [-0.4, -0.2) is 37.0 Å². The Hall–Kier alpha value is -3.02. The van der Waals surface area contributed by atoms with Crippen molar-refractivity contribution in [3.8, 4) is 11.5 Å². The summed E-state index contributed by atoms with van der Waals surface area (Å²) < 4.78 is 10.4. The smallest absolute Gasteiger partial charge is 0.242 e. The van der Waals surface area contributed by atoms with Crippen LogP contribution in [0.4, 0.5) is 0 Å². The largest absolute Gasteiger partial charge is 0.497 e. The van der Waals surface area contributed by atoms with Crippen LogP contribution in [0.3, 0.4) is 0 Å². The predicted molar refractivity (Wildman–Crippen MR) is 104 cm³/mol. The lowest BCUT2D eigenvalue weighted by Gasteiger charge is -2.27. The first-order valence-corrected chi connectivity index (χ1v) is 8.76. The molecule has 6 nitrogen and oxygen atoms in total. The maximum atomic E-state index is 12.6. The van der Waals surface area contributed by atoms with E-state index in [1.807, 2.05) is 48.5 Å². The lowest BCUT2D eigenvalue weighted by atomic mass is 10.1. The van der Waals surface area contributed by atoms with E-state index >= 15 is 0 Å². The number of carbonyl (C=O) groups excluding carboxylic acids is 2. The van der Waals surface area contributed by atoms with E-state index in [4.69, 9.17) is 9.47 Å². The van der Waals surface area contributed by atoms with Crippen molar-refractivity contribution in [3.05, 3.63) is 59.7 Å². The Morgan fingerprint density at radius 1 is 1.04 bits per heavy atom. The third kappa shape index (κ3) is 5.48. The van der Waals surface area contributed by atoms with E-state index < -0.39 is 6.04 Å². The normalized spacial score (nSPS) is 11.4. The molecule has 27 heavy (non-hydrogen) atoms. The minimum Gasteiger partial charge on any atom is -0.497 e. The monoisotopic (exact) mass is 370 g/mol. The van der Waals surface area contributed by atoms with Gasteiger partial charge in [0.1, 0.15) is 17.5 Å². The van der Waals surface area contributed by atoms with Crippen molar-refractivity contribution in [2.75, 3.05) is 14.2 Å². The molecule has 144 valence electrons. The standard InChI is InChI=1S/C21H26N2O4/c1-15(21(25)22-13-18-7-5-6-8-20(18)27-4)23(16(2)24)14-17-9-11-19(26-3)12-10-17/h5-12,15H,13-14H2,1-4H3,(H,22,25)/t15-/m0/s1. The molecule has 0 heterocycles. The molecular weight excluding hydrogens is 344 g/mol. The van der Waals surface area contributed by atoms with Crippen molar-refractivity contribution in [2.24, 2.45) is 0 Å². The number of rotatable bonds is 8. The summed E-state index contributed by atoms with van der Waals surface area (Å²) in [7, 11) is 3.20. The summed E-state index contributed by atoms with van der Waals surface area (Å²) in [5.74, 6) is 1.08. The highest BCUT2D eigenvalue weighted by atomic mass is 16.5. The fourth-order valence-corrected chi connectivity index (χ4v) is 2.77. The highest BCUT2D eigenvalue weighted by molar-refractivity contribution is 5.86. The summed E-state index contributed by atoms with van der Waals surface area (Å²) >= 11 is 0. The van der Waals surface area contributed by atoms with Crippen LogP contribution in [0, 0.1) is 0 Å². The molecule has 0 spiro atoms. The average Bonchev–Trinajstić information content (AvgIpc) is 2.70. The number of carbonyl (C=O) groups is 2. The van der Waals surface area contributed by atoms with Gasteiger partial charge < -0.3 is 19.7 Å². The van der Waals surface area contributed by atoms with Crippen molar-refractivity contribution in [2.45, 2.75) is 33.0 Å². The molecule has 0 bridgehead atoms. The molecule has 0 unspecified atom stereocenters. The molecule has 0 aromatic heterocycles. The fourth-order valence-electron chi connectivity index (χ4n) is 2.77. The summed E-state index contributed by atoms with van der Waals surface area (Å²) in [6.45, 7) is 3.88. The minimum atomic E-state index is -0.598. The maximum Gasteiger partial charge on any atom is 0.242 e. The summed E-state index contributed by atoms with van der Waals surface area (Å²) in [4.78, 5) is 26.2. The van der Waals surface area contributed by atoms with Crippen LogP contribution in [0.1, 0.15) is 25.0 Å². The van der Waals surface area contributed by atoms with Gasteiger partial charge in [0.05, 0.1) is 14.2 Å². The van der Waals surface area contributed by atoms with Gasteiger partial charge in [-0.05, 0) is 30.7 Å². The first kappa shape index (κ1) is 20.3. The molecule has 2 amide bonds. The number of amides is 2. The minimum absolute atomic E-state index is 0.161. The molecule has 0 aliphatic carbocycles. The van der Waals surface area contributed by atoms with Gasteiger partial charge in [-0.1, -0.05) is 30.3 Å². The number of hydrogen-bond donors (Lipinski definition) is 1. The molecule has 0 saturated heterocycles. The Labute approximate surface area is 160 Å². The molecule has 0 fully saturated rings. The van der Waals surface area contributed by atoms with Gasteiger partial charge in [0, 0.05) is 25.6 Å². The number of nitrogens with zero attached hydrogens (tertiary/aromatic N) is 1. The van der Waals surface area contributed by atoms with Gasteiger partial charge in [0.25, 0.3) is 0 Å². The van der Waals surface area contributed by atoms with Crippen LogP contribution < -0.4 is 14.8 Å². The molecule has 6 heteroatoms. The van der Waals surface area contributed by atoms with E-state index in [-0.39, 0.29) is 11.8 Å². The topological polar surface area (TPSA) is 67.9 Å². The van der Waals surface area contributed by atoms with Crippen molar-refractivity contribution in [3.63, 3.8) is 0 Å². The van der Waals surface area contributed by atoms with Crippen LogP contribution in [0.5, 0.6) is 11.5 Å². The Morgan fingerprint density at radius 3 is 2.30 bits per heavy atom. The van der Waals surface area contributed by atoms with E-state index in [1.54, 1.807) is 26.0 Å². The van der Waals surface area contributed by atoms with Gasteiger partial charge in [-0.2, -0.15) is 0 Å². The Balaban J connectivity index is 2.02. The van der Waals surface area contributed by atoms with Crippen LogP contribution in [-0.2, 0) is 22.7 Å². The third-order valence-electron chi connectivity index (χ3n) is 4.41. The average molecular weight is 370 g/mol. The highest BCUT2D eigenvalue weighted by Gasteiger charge is 2.23. The zero-order valence-electron chi connectivity index (χ0n) is 16.2. The number of para-hydroxylation sites is 1. The highest BCUT2D eigenvalue weighted by Crippen LogP contribution is 2.17. The summed E-state index contributed by atoms with van der Waals surface area (Å²) in [5.41, 5.74) is 1.81. The molecule has 0 radical (unpaired) electrons. The van der Waals surface area contributed by atoms with E-state index in [1.165, 1.54) is 6.92 Å². The summed E-state index contributed by atoms with van der Waals surface area (Å²) in [5, 5.41) is 2.88. The van der Waals surface area contributed by atoms with E-state index in [2.05, 4.69) is 5.32 Å². The summed E-state index contributed by atoms with van der Waals surface area (Å²) in [6.07, 6.45) is 0. The summed E-state index contributed by atoms with van der Waals surface area (Å²) in [6, 6.07) is 14.3. The van der Waals surface area contributed by atoms with Gasteiger partial charge in [-0.3, -0.25) is 9.59 Å². The fraction of sp³-hybridized carbons (Fsp3) is 0.333. The number of methoxy groups -OCH3 is 2. The second kappa shape index (κ2) is 9.62. The van der Waals surface area contributed by atoms with Crippen LogP contribution >= 0.6 is 0 Å². The molecule has 1 N–H and O–H groups in total. The molecular formula is C21H26N2O4. The SMILES string of the molecule is COc1ccc(CN(C(C)=O)[C@@H](C)C(=O)NCc2ccccc2OC)cc1. The number of benzene rings is 2. The second-order valence-electron chi connectivity index (χ2n) is 6.20. The zero-order chi connectivity index (χ0) is 19.8. The number of nitrogens with one attached hydrogen (secondary N) is 1. The number of ether oxygens (including phenoxy) is 2. The van der Waals surface area contributed by atoms with Gasteiger partial charge >= 0.3 is 0 Å². The maximum absolute atomic E-state index is 12.6.